The first kappa shape index (κ1) is 50.2. The van der Waals surface area contributed by atoms with Crippen LogP contribution in [-0.4, -0.2) is 203 Å². The molecule has 5 aliphatic carbocycles. The number of hydrogen-bond donors (Lipinski definition) is 12. The summed E-state index contributed by atoms with van der Waals surface area (Å²) in [6.45, 7) is 13.0. The summed E-state index contributed by atoms with van der Waals surface area (Å²) in [5.41, 5.74) is -3.88. The third-order valence-electron chi connectivity index (χ3n) is 19.9. The normalized spacial score (nSPS) is 58.0. The second-order valence-corrected chi connectivity index (χ2v) is 23.8. The Morgan fingerprint density at radius 2 is 1.20 bits per heavy atom. The summed E-state index contributed by atoms with van der Waals surface area (Å²) in [7, 11) is 0. The number of rotatable bonds is 10. The van der Waals surface area contributed by atoms with Gasteiger partial charge in [-0.3, -0.25) is 0 Å². The van der Waals surface area contributed by atoms with Crippen LogP contribution in [0.15, 0.2) is 0 Å². The van der Waals surface area contributed by atoms with Gasteiger partial charge in [-0.05, 0) is 117 Å². The van der Waals surface area contributed by atoms with Crippen LogP contribution in [0.5, 0.6) is 0 Å². The van der Waals surface area contributed by atoms with Gasteiger partial charge in [0, 0.05) is 5.92 Å². The van der Waals surface area contributed by atoms with Crippen molar-refractivity contribution in [2.45, 2.75) is 228 Å². The molecule has 0 aromatic heterocycles. The number of ether oxygens (including phenoxy) is 7. The summed E-state index contributed by atoms with van der Waals surface area (Å²) in [4.78, 5) is 0. The Morgan fingerprint density at radius 1 is 0.591 bits per heavy atom. The van der Waals surface area contributed by atoms with Gasteiger partial charge >= 0.3 is 0 Å². The second kappa shape index (κ2) is 16.9. The van der Waals surface area contributed by atoms with Crippen molar-refractivity contribution in [3.63, 3.8) is 0 Å². The van der Waals surface area contributed by atoms with Crippen LogP contribution >= 0.6 is 0 Å². The van der Waals surface area contributed by atoms with E-state index >= 15 is 0 Å². The highest BCUT2D eigenvalue weighted by molar-refractivity contribution is 5.33. The molecule has 9 rings (SSSR count). The third-order valence-corrected chi connectivity index (χ3v) is 19.9. The zero-order chi connectivity index (χ0) is 48.1. The van der Waals surface area contributed by atoms with Crippen LogP contribution < -0.4 is 0 Å². The third kappa shape index (κ3) is 7.22. The van der Waals surface area contributed by atoms with E-state index in [0.717, 1.165) is 25.7 Å². The highest BCUT2D eigenvalue weighted by atomic mass is 16.7. The van der Waals surface area contributed by atoms with Crippen molar-refractivity contribution in [2.75, 3.05) is 19.8 Å². The second-order valence-electron chi connectivity index (χ2n) is 23.8. The molecule has 66 heavy (non-hydrogen) atoms. The Hall–Kier alpha value is -0.760. The first-order chi connectivity index (χ1) is 30.8. The fourth-order valence-corrected chi connectivity index (χ4v) is 16.4. The van der Waals surface area contributed by atoms with E-state index in [0.29, 0.717) is 32.1 Å². The lowest BCUT2D eigenvalue weighted by Gasteiger charge is -2.65. The number of aliphatic hydroxyl groups excluding tert-OH is 12. The summed E-state index contributed by atoms with van der Waals surface area (Å²) in [5, 5.41) is 129. The van der Waals surface area contributed by atoms with Gasteiger partial charge in [-0.2, -0.15) is 0 Å². The number of hydrogen-bond acceptors (Lipinski definition) is 19. The Morgan fingerprint density at radius 3 is 1.83 bits per heavy atom. The summed E-state index contributed by atoms with van der Waals surface area (Å²) < 4.78 is 44.3. The average Bonchev–Trinajstić information content (AvgIpc) is 3.63. The standard InChI is InChI=1S/C47H78O19/c1-41(2)26(64-38-33(57)28(52)21(51)18-60-38)9-11-47-19-46(47)13-12-43(5)36(45(7)10-8-27(65-45)42(3,4)66-40-35(59)32(56)30(54)24(17-49)63-40)20(50)15-44(43,6)25(46)14-22(37(41)47)61-39-34(58)31(55)29(53)23(16-48)62-39/h20-40,48-59H,8-19H2,1-7H3/t20-,21+,22-,23+,24+,25-,26+,27+,28-,29+,30+,31-,32-,33+,34+,35+,36-,37+,38-,39+,40-,43+,44-,45+,46+,47-/m0/s1. The van der Waals surface area contributed by atoms with E-state index in [1.807, 2.05) is 13.8 Å². The summed E-state index contributed by atoms with van der Waals surface area (Å²) in [6.07, 6.45) is -16.3. The Labute approximate surface area is 386 Å². The lowest BCUT2D eigenvalue weighted by Crippen LogP contribution is -2.65. The van der Waals surface area contributed by atoms with Gasteiger partial charge in [0.05, 0.1) is 55.4 Å². The molecule has 380 valence electrons. The molecule has 9 aliphatic rings. The van der Waals surface area contributed by atoms with Crippen molar-refractivity contribution in [1.82, 2.24) is 0 Å². The SMILES string of the molecule is CC(C)(O[C@@H]1O[C@H](CO)[C@@H](O)[C@H](O)[C@H]1O)[C@H]1CC[C@](C)([C@H]2[C@@H](O)C[C@@]3(C)[C@@H]4C[C@H](O[C@@H]5O[C@H](CO)[C@@H](O)[C@H](O)[C@H]5O)[C@@H]5C(C)(C)[C@H](O[C@@H]6OC[C@@H](O)[C@H](O)[C@H]6O)CC[C@]56C[C@]46CC[C@]23C)O1. The molecule has 5 saturated carbocycles. The summed E-state index contributed by atoms with van der Waals surface area (Å²) >= 11 is 0. The maximum Gasteiger partial charge on any atom is 0.187 e. The van der Waals surface area contributed by atoms with E-state index in [1.54, 1.807) is 0 Å². The lowest BCUT2D eigenvalue weighted by molar-refractivity contribution is -0.339. The number of aliphatic hydroxyl groups is 12. The Bertz CT molecular complexity index is 1770. The molecule has 12 N–H and O–H groups in total. The smallest absolute Gasteiger partial charge is 0.187 e. The molecular formula is C47H78O19. The van der Waals surface area contributed by atoms with Crippen molar-refractivity contribution < 1.29 is 94.4 Å². The molecule has 26 atom stereocenters. The van der Waals surface area contributed by atoms with Gasteiger partial charge in [0.15, 0.2) is 18.9 Å². The zero-order valence-electron chi connectivity index (χ0n) is 39.3. The monoisotopic (exact) mass is 947 g/mol. The van der Waals surface area contributed by atoms with Crippen molar-refractivity contribution in [3.05, 3.63) is 0 Å². The highest BCUT2D eigenvalue weighted by Crippen LogP contribution is 2.89. The average molecular weight is 947 g/mol. The Balaban J connectivity index is 1.01. The first-order valence-corrected chi connectivity index (χ1v) is 24.4. The van der Waals surface area contributed by atoms with Gasteiger partial charge < -0.3 is 94.4 Å². The van der Waals surface area contributed by atoms with Crippen molar-refractivity contribution in [3.8, 4) is 0 Å². The molecule has 0 bridgehead atoms. The van der Waals surface area contributed by atoms with E-state index in [1.165, 1.54) is 0 Å². The minimum atomic E-state index is -1.65. The van der Waals surface area contributed by atoms with Crippen molar-refractivity contribution in [2.24, 2.45) is 44.8 Å². The molecule has 0 aromatic carbocycles. The van der Waals surface area contributed by atoms with Crippen LogP contribution in [0, 0.1) is 44.8 Å². The maximum atomic E-state index is 12.5. The van der Waals surface area contributed by atoms with Gasteiger partial charge in [-0.1, -0.05) is 27.7 Å². The first-order valence-electron chi connectivity index (χ1n) is 24.4. The minimum absolute atomic E-state index is 0.00898. The molecule has 0 aromatic rings. The van der Waals surface area contributed by atoms with Crippen LogP contribution in [0.1, 0.15) is 106 Å². The van der Waals surface area contributed by atoms with E-state index in [9.17, 15) is 61.3 Å². The lowest BCUT2D eigenvalue weighted by atomic mass is 9.41. The summed E-state index contributed by atoms with van der Waals surface area (Å²) in [5.74, 6) is -0.523. The van der Waals surface area contributed by atoms with Crippen LogP contribution in [0.4, 0.5) is 0 Å². The fourth-order valence-electron chi connectivity index (χ4n) is 16.4. The molecule has 0 amide bonds. The largest absolute Gasteiger partial charge is 0.394 e. The molecule has 4 aliphatic heterocycles. The van der Waals surface area contributed by atoms with Crippen LogP contribution in [0.25, 0.3) is 0 Å². The summed E-state index contributed by atoms with van der Waals surface area (Å²) in [6, 6.07) is 0. The molecule has 4 saturated heterocycles. The Kier molecular flexibility index (Phi) is 12.9. The van der Waals surface area contributed by atoms with Gasteiger partial charge in [0.1, 0.15) is 67.1 Å². The van der Waals surface area contributed by atoms with Crippen molar-refractivity contribution >= 4 is 0 Å². The molecule has 0 radical (unpaired) electrons. The van der Waals surface area contributed by atoms with Crippen molar-refractivity contribution in [1.29, 1.82) is 0 Å². The van der Waals surface area contributed by atoms with E-state index in [4.69, 9.17) is 33.2 Å². The molecule has 9 fully saturated rings. The van der Waals surface area contributed by atoms with Gasteiger partial charge in [0.25, 0.3) is 0 Å². The predicted molar refractivity (Wildman–Crippen MR) is 226 cm³/mol. The molecule has 4 heterocycles. The predicted octanol–water partition coefficient (Wildman–Crippen LogP) is -1.45. The van der Waals surface area contributed by atoms with Gasteiger partial charge in [0.2, 0.25) is 0 Å². The van der Waals surface area contributed by atoms with Crippen LogP contribution in [-0.2, 0) is 33.2 Å². The van der Waals surface area contributed by atoms with Gasteiger partial charge in [-0.25, -0.2) is 0 Å². The minimum Gasteiger partial charge on any atom is -0.394 e. The van der Waals surface area contributed by atoms with E-state index in [-0.39, 0.29) is 35.2 Å². The topological polar surface area (TPSA) is 307 Å². The molecule has 0 unspecified atom stereocenters. The number of fused-ring (bicyclic) bond motifs is 2. The molecule has 2 spiro atoms. The molecule has 19 heteroatoms. The highest BCUT2D eigenvalue weighted by Gasteiger charge is 2.85. The van der Waals surface area contributed by atoms with Gasteiger partial charge in [-0.15, -0.1) is 0 Å². The zero-order valence-corrected chi connectivity index (χ0v) is 39.3. The fraction of sp³-hybridized carbons (Fsp3) is 1.00. The molecule has 19 nitrogen and oxygen atoms in total. The van der Waals surface area contributed by atoms with Crippen LogP contribution in [0.2, 0.25) is 0 Å². The van der Waals surface area contributed by atoms with E-state index in [2.05, 4.69) is 34.6 Å². The molecular weight excluding hydrogens is 868 g/mol. The maximum absolute atomic E-state index is 12.5. The van der Waals surface area contributed by atoms with Crippen LogP contribution in [0.3, 0.4) is 0 Å². The quantitative estimate of drug-likeness (QED) is 0.112. The van der Waals surface area contributed by atoms with E-state index < -0.39 is 151 Å².